The second kappa shape index (κ2) is 11.1. The third-order valence-electron chi connectivity index (χ3n) is 3.93. The van der Waals surface area contributed by atoms with Crippen molar-refractivity contribution < 1.29 is 9.90 Å². The Balaban J connectivity index is 2.32. The maximum Gasteiger partial charge on any atom is 0.303 e. The molecule has 2 heteroatoms. The molecule has 0 bridgehead atoms. The molecule has 0 radical (unpaired) electrons. The molecule has 0 spiro atoms. The third-order valence-corrected chi connectivity index (χ3v) is 3.93. The minimum atomic E-state index is -0.711. The zero-order chi connectivity index (χ0) is 15.3. The first kappa shape index (κ1) is 17.5. The fourth-order valence-corrected chi connectivity index (χ4v) is 2.69. The number of rotatable bonds is 9. The van der Waals surface area contributed by atoms with Gasteiger partial charge in [-0.2, -0.15) is 0 Å². The van der Waals surface area contributed by atoms with Gasteiger partial charge in [-0.15, -0.1) is 0 Å². The largest absolute Gasteiger partial charge is 0.481 e. The third kappa shape index (κ3) is 8.34. The number of unbranched alkanes of at least 4 members (excludes halogenated alkanes) is 1. The van der Waals surface area contributed by atoms with Crippen LogP contribution < -0.4 is 0 Å². The number of aliphatic carboxylic acids is 1. The molecule has 0 aromatic carbocycles. The summed E-state index contributed by atoms with van der Waals surface area (Å²) in [5, 5.41) is 8.55. The molecule has 2 unspecified atom stereocenters. The Labute approximate surface area is 128 Å². The van der Waals surface area contributed by atoms with Crippen molar-refractivity contribution in [1.82, 2.24) is 0 Å². The summed E-state index contributed by atoms with van der Waals surface area (Å²) in [6, 6.07) is 0. The predicted molar refractivity (Wildman–Crippen MR) is 89.2 cm³/mol. The molecule has 0 aliphatic heterocycles. The van der Waals surface area contributed by atoms with Crippen molar-refractivity contribution in [2.24, 2.45) is 11.8 Å². The molecule has 21 heavy (non-hydrogen) atoms. The molecule has 1 aliphatic carbocycles. The van der Waals surface area contributed by atoms with Crippen LogP contribution in [-0.4, -0.2) is 11.1 Å². The number of carboxylic acid groups (broad SMARTS) is 1. The molecular weight excluding hydrogens is 260 g/mol. The highest BCUT2D eigenvalue weighted by molar-refractivity contribution is 5.66. The number of carbonyl (C=O) groups is 1. The maximum absolute atomic E-state index is 10.4. The van der Waals surface area contributed by atoms with Gasteiger partial charge in [-0.25, -0.2) is 0 Å². The topological polar surface area (TPSA) is 37.3 Å². The molecule has 1 rings (SSSR count). The molecule has 1 N–H and O–H groups in total. The maximum atomic E-state index is 10.4. The monoisotopic (exact) mass is 288 g/mol. The van der Waals surface area contributed by atoms with Gasteiger partial charge >= 0.3 is 5.97 Å². The summed E-state index contributed by atoms with van der Waals surface area (Å²) in [6.45, 7) is 2.08. The van der Waals surface area contributed by atoms with Crippen LogP contribution >= 0.6 is 0 Å². The number of carboxylic acids is 1. The Hall–Kier alpha value is -1.57. The van der Waals surface area contributed by atoms with E-state index in [4.69, 9.17) is 5.11 Å². The first-order chi connectivity index (χ1) is 10.2. The average molecular weight is 288 g/mol. The molecular formula is C19H28O2. The summed E-state index contributed by atoms with van der Waals surface area (Å²) in [6.07, 6.45) is 24.1. The second-order valence-corrected chi connectivity index (χ2v) is 5.61. The predicted octanol–water partition coefficient (Wildman–Crippen LogP) is 5.29. The normalized spacial score (nSPS) is 22.7. The van der Waals surface area contributed by atoms with Gasteiger partial charge in [0.15, 0.2) is 0 Å². The van der Waals surface area contributed by atoms with Crippen LogP contribution in [0.15, 0.2) is 48.6 Å². The Morgan fingerprint density at radius 1 is 1.19 bits per heavy atom. The van der Waals surface area contributed by atoms with E-state index in [1.165, 1.54) is 19.3 Å². The zero-order valence-electron chi connectivity index (χ0n) is 13.1. The van der Waals surface area contributed by atoms with Crippen LogP contribution in [0.25, 0.3) is 0 Å². The standard InChI is InChI=1S/C19H28O2/c1-2-3-7-12-17-14-10-11-15-18(17)13-8-5-4-6-9-16-19(20)21/h2-5,8,10-11,13,17-18H,6-7,9,12,14-16H2,1H3,(H,20,21). The van der Waals surface area contributed by atoms with Gasteiger partial charge in [-0.3, -0.25) is 4.79 Å². The van der Waals surface area contributed by atoms with Crippen molar-refractivity contribution in [3.63, 3.8) is 0 Å². The van der Waals surface area contributed by atoms with Gasteiger partial charge in [0.25, 0.3) is 0 Å². The van der Waals surface area contributed by atoms with Gasteiger partial charge in [0, 0.05) is 6.42 Å². The summed E-state index contributed by atoms with van der Waals surface area (Å²) in [5.74, 6) is 0.684. The Kier molecular flexibility index (Phi) is 9.26. The number of hydrogen-bond acceptors (Lipinski definition) is 1. The Bertz CT molecular complexity index is 402. The molecule has 0 saturated heterocycles. The summed E-state index contributed by atoms with van der Waals surface area (Å²) >= 11 is 0. The fraction of sp³-hybridized carbons (Fsp3) is 0.526. The van der Waals surface area contributed by atoms with E-state index in [2.05, 4.69) is 55.5 Å². The number of hydrogen-bond donors (Lipinski definition) is 1. The lowest BCUT2D eigenvalue weighted by molar-refractivity contribution is -0.137. The molecule has 116 valence electrons. The first-order valence-corrected chi connectivity index (χ1v) is 8.05. The Morgan fingerprint density at radius 3 is 2.76 bits per heavy atom. The van der Waals surface area contributed by atoms with Crippen LogP contribution in [0.3, 0.4) is 0 Å². The van der Waals surface area contributed by atoms with Crippen molar-refractivity contribution in [1.29, 1.82) is 0 Å². The lowest BCUT2D eigenvalue weighted by atomic mass is 9.80. The van der Waals surface area contributed by atoms with Crippen LogP contribution in [0, 0.1) is 11.8 Å². The SMILES string of the molecule is CC=CCCC1CC=CCC1C=CC=CCCCC(=O)O. The summed E-state index contributed by atoms with van der Waals surface area (Å²) in [4.78, 5) is 10.4. The molecule has 0 amide bonds. The van der Waals surface area contributed by atoms with Gasteiger partial charge < -0.3 is 5.11 Å². The smallest absolute Gasteiger partial charge is 0.303 e. The van der Waals surface area contributed by atoms with Crippen LogP contribution in [0.4, 0.5) is 0 Å². The molecule has 1 aliphatic rings. The van der Waals surface area contributed by atoms with Gasteiger partial charge in [0.1, 0.15) is 0 Å². The van der Waals surface area contributed by atoms with E-state index in [0.717, 1.165) is 25.2 Å². The minimum absolute atomic E-state index is 0.258. The van der Waals surface area contributed by atoms with Crippen molar-refractivity contribution in [3.05, 3.63) is 48.6 Å². The van der Waals surface area contributed by atoms with E-state index >= 15 is 0 Å². The lowest BCUT2D eigenvalue weighted by Crippen LogP contribution is -2.14. The molecule has 0 heterocycles. The highest BCUT2D eigenvalue weighted by atomic mass is 16.4. The lowest BCUT2D eigenvalue weighted by Gasteiger charge is -2.25. The van der Waals surface area contributed by atoms with Crippen molar-refractivity contribution in [3.8, 4) is 0 Å². The van der Waals surface area contributed by atoms with E-state index in [9.17, 15) is 4.79 Å². The summed E-state index contributed by atoms with van der Waals surface area (Å²) in [7, 11) is 0. The highest BCUT2D eigenvalue weighted by Gasteiger charge is 2.18. The minimum Gasteiger partial charge on any atom is -0.481 e. The van der Waals surface area contributed by atoms with Gasteiger partial charge in [0.05, 0.1) is 0 Å². The van der Waals surface area contributed by atoms with Crippen LogP contribution in [0.1, 0.15) is 51.9 Å². The highest BCUT2D eigenvalue weighted by Crippen LogP contribution is 2.30. The molecule has 0 aromatic rings. The van der Waals surface area contributed by atoms with Crippen LogP contribution in [0.5, 0.6) is 0 Å². The fourth-order valence-electron chi connectivity index (χ4n) is 2.69. The van der Waals surface area contributed by atoms with E-state index < -0.39 is 5.97 Å². The van der Waals surface area contributed by atoms with Gasteiger partial charge in [-0.1, -0.05) is 48.6 Å². The van der Waals surface area contributed by atoms with Crippen LogP contribution in [0.2, 0.25) is 0 Å². The quantitative estimate of drug-likeness (QED) is 0.355. The van der Waals surface area contributed by atoms with E-state index in [1.807, 2.05) is 0 Å². The molecule has 2 nitrogen and oxygen atoms in total. The Morgan fingerprint density at radius 2 is 2.00 bits per heavy atom. The molecule has 0 saturated carbocycles. The molecule has 0 fully saturated rings. The second-order valence-electron chi connectivity index (χ2n) is 5.61. The van der Waals surface area contributed by atoms with Crippen molar-refractivity contribution >= 4 is 5.97 Å². The van der Waals surface area contributed by atoms with Gasteiger partial charge in [0.2, 0.25) is 0 Å². The summed E-state index contributed by atoms with van der Waals surface area (Å²) < 4.78 is 0. The zero-order valence-corrected chi connectivity index (χ0v) is 13.1. The number of allylic oxidation sites excluding steroid dienone is 8. The first-order valence-electron chi connectivity index (χ1n) is 8.05. The van der Waals surface area contributed by atoms with Gasteiger partial charge in [-0.05, 0) is 57.3 Å². The van der Waals surface area contributed by atoms with Crippen molar-refractivity contribution in [2.45, 2.75) is 51.9 Å². The average Bonchev–Trinajstić information content (AvgIpc) is 2.47. The molecule has 0 aromatic heterocycles. The van der Waals surface area contributed by atoms with E-state index in [0.29, 0.717) is 5.92 Å². The molecule has 2 atom stereocenters. The van der Waals surface area contributed by atoms with E-state index in [-0.39, 0.29) is 6.42 Å². The van der Waals surface area contributed by atoms with Crippen LogP contribution in [-0.2, 0) is 4.79 Å². The van der Waals surface area contributed by atoms with E-state index in [1.54, 1.807) is 0 Å². The van der Waals surface area contributed by atoms with Crippen molar-refractivity contribution in [2.75, 3.05) is 0 Å². The summed E-state index contributed by atoms with van der Waals surface area (Å²) in [5.41, 5.74) is 0.